The second-order valence-electron chi connectivity index (χ2n) is 5.82. The van der Waals surface area contributed by atoms with E-state index in [0.717, 1.165) is 32.9 Å². The van der Waals surface area contributed by atoms with E-state index in [1.54, 1.807) is 42.9 Å². The van der Waals surface area contributed by atoms with Crippen molar-refractivity contribution in [2.75, 3.05) is 14.2 Å². The number of nitrogens with one attached hydrogen (secondary N) is 1. The molecule has 0 spiro atoms. The number of carbonyl (C=O) groups is 1. The molecule has 1 amide bonds. The lowest BCUT2D eigenvalue weighted by Crippen LogP contribution is -2.46. The molecule has 4 rings (SSSR count). The molecule has 126 valence electrons. The number of amides is 1. The zero-order chi connectivity index (χ0) is 17.4. The largest absolute Gasteiger partial charge is 0.497 e. The van der Waals surface area contributed by atoms with E-state index in [9.17, 15) is 4.79 Å². The van der Waals surface area contributed by atoms with E-state index >= 15 is 0 Å². The zero-order valence-corrected chi connectivity index (χ0v) is 14.7. The van der Waals surface area contributed by atoms with Crippen LogP contribution in [0.15, 0.2) is 54.2 Å². The number of hydrazine groups is 1. The number of carbonyl (C=O) groups excluding carboxylic acids is 1. The third-order valence-electron chi connectivity index (χ3n) is 4.36. The van der Waals surface area contributed by atoms with Crippen molar-refractivity contribution in [1.29, 1.82) is 0 Å². The highest BCUT2D eigenvalue weighted by molar-refractivity contribution is 7.11. The molecule has 1 aromatic carbocycles. The summed E-state index contributed by atoms with van der Waals surface area (Å²) >= 11 is 1.60. The number of rotatable bonds is 3. The smallest absolute Gasteiger partial charge is 0.269 e. The molecule has 5 nitrogen and oxygen atoms in total. The van der Waals surface area contributed by atoms with Crippen LogP contribution in [-0.4, -0.2) is 30.1 Å². The van der Waals surface area contributed by atoms with E-state index in [4.69, 9.17) is 4.74 Å². The first kappa shape index (κ1) is 15.8. The molecular formula is C19H17N3O2S. The highest BCUT2D eigenvalue weighted by Crippen LogP contribution is 2.40. The normalized spacial score (nSPS) is 16.6. The number of benzene rings is 1. The maximum absolute atomic E-state index is 12.8. The van der Waals surface area contributed by atoms with E-state index in [-0.39, 0.29) is 11.9 Å². The predicted octanol–water partition coefficient (Wildman–Crippen LogP) is 3.50. The van der Waals surface area contributed by atoms with Crippen LogP contribution in [0.1, 0.15) is 26.8 Å². The number of hydrogen-bond donors (Lipinski definition) is 1. The highest BCUT2D eigenvalue weighted by atomic mass is 32.1. The lowest BCUT2D eigenvalue weighted by Gasteiger charge is -2.31. The Kier molecular flexibility index (Phi) is 3.99. The molecule has 1 aliphatic heterocycles. The van der Waals surface area contributed by atoms with Crippen molar-refractivity contribution in [2.24, 2.45) is 0 Å². The Morgan fingerprint density at radius 2 is 1.88 bits per heavy atom. The van der Waals surface area contributed by atoms with Crippen LogP contribution in [0, 0.1) is 0 Å². The molecule has 0 saturated heterocycles. The molecule has 1 N–H and O–H groups in total. The maximum atomic E-state index is 12.8. The molecule has 2 aromatic heterocycles. The first-order valence-electron chi connectivity index (χ1n) is 7.89. The number of aromatic nitrogens is 1. The Bertz CT molecular complexity index is 906. The standard InChI is InChI=1S/C19H17N3O2S/c1-22-19(23)16-15(12-3-5-14(24-2)6-4-12)11-25-18(16)17(21-22)13-7-9-20-10-8-13/h3-11,17,21H,1-2H3. The monoisotopic (exact) mass is 351 g/mol. The third kappa shape index (κ3) is 2.69. The zero-order valence-electron chi connectivity index (χ0n) is 13.9. The minimum Gasteiger partial charge on any atom is -0.497 e. The van der Waals surface area contributed by atoms with Crippen molar-refractivity contribution in [3.8, 4) is 16.9 Å². The number of fused-ring (bicyclic) bond motifs is 1. The van der Waals surface area contributed by atoms with Crippen LogP contribution in [0.4, 0.5) is 0 Å². The van der Waals surface area contributed by atoms with E-state index < -0.39 is 0 Å². The number of thiophene rings is 1. The Balaban J connectivity index is 1.83. The van der Waals surface area contributed by atoms with Crippen molar-refractivity contribution >= 4 is 17.2 Å². The molecule has 0 aliphatic carbocycles. The summed E-state index contributed by atoms with van der Waals surface area (Å²) in [5.41, 5.74) is 7.08. The van der Waals surface area contributed by atoms with E-state index in [1.165, 1.54) is 0 Å². The van der Waals surface area contributed by atoms with Gasteiger partial charge in [-0.1, -0.05) is 12.1 Å². The number of nitrogens with zero attached hydrogens (tertiary/aromatic N) is 2. The summed E-state index contributed by atoms with van der Waals surface area (Å²) in [5, 5.41) is 3.62. The van der Waals surface area contributed by atoms with Gasteiger partial charge in [-0.15, -0.1) is 11.3 Å². The number of methoxy groups -OCH3 is 1. The number of hydrogen-bond acceptors (Lipinski definition) is 5. The van der Waals surface area contributed by atoms with Crippen molar-refractivity contribution in [1.82, 2.24) is 15.4 Å². The summed E-state index contributed by atoms with van der Waals surface area (Å²) in [6, 6.07) is 11.7. The van der Waals surface area contributed by atoms with Crippen molar-refractivity contribution < 1.29 is 9.53 Å². The topological polar surface area (TPSA) is 54.5 Å². The number of pyridine rings is 1. The van der Waals surface area contributed by atoms with Gasteiger partial charge in [0, 0.05) is 29.9 Å². The highest BCUT2D eigenvalue weighted by Gasteiger charge is 2.34. The molecule has 0 saturated carbocycles. The fourth-order valence-corrected chi connectivity index (χ4v) is 4.19. The average molecular weight is 351 g/mol. The van der Waals surface area contributed by atoms with Crippen LogP contribution in [0.25, 0.3) is 11.1 Å². The van der Waals surface area contributed by atoms with Crippen LogP contribution >= 0.6 is 11.3 Å². The van der Waals surface area contributed by atoms with E-state index in [2.05, 4.69) is 15.8 Å². The van der Waals surface area contributed by atoms with Crippen LogP contribution in [-0.2, 0) is 0 Å². The molecule has 1 aliphatic rings. The molecule has 0 radical (unpaired) electrons. The van der Waals surface area contributed by atoms with Crippen LogP contribution < -0.4 is 10.2 Å². The summed E-state index contributed by atoms with van der Waals surface area (Å²) < 4.78 is 5.22. The van der Waals surface area contributed by atoms with Crippen molar-refractivity contribution in [3.05, 3.63) is 70.2 Å². The predicted molar refractivity (Wildman–Crippen MR) is 97.6 cm³/mol. The lowest BCUT2D eigenvalue weighted by atomic mass is 9.96. The third-order valence-corrected chi connectivity index (χ3v) is 5.41. The number of ether oxygens (including phenoxy) is 1. The van der Waals surface area contributed by atoms with Gasteiger partial charge in [0.25, 0.3) is 5.91 Å². The summed E-state index contributed by atoms with van der Waals surface area (Å²) in [7, 11) is 3.40. The maximum Gasteiger partial charge on any atom is 0.269 e. The molecular weight excluding hydrogens is 334 g/mol. The van der Waals surface area contributed by atoms with Gasteiger partial charge in [-0.25, -0.2) is 5.43 Å². The van der Waals surface area contributed by atoms with Crippen molar-refractivity contribution in [2.45, 2.75) is 6.04 Å². The molecule has 1 atom stereocenters. The molecule has 0 fully saturated rings. The molecule has 3 aromatic rings. The second-order valence-corrected chi connectivity index (χ2v) is 6.74. The molecule has 3 heterocycles. The summed E-state index contributed by atoms with van der Waals surface area (Å²) in [4.78, 5) is 17.9. The molecule has 0 bridgehead atoms. The summed E-state index contributed by atoms with van der Waals surface area (Å²) in [5.74, 6) is 0.778. The van der Waals surface area contributed by atoms with Gasteiger partial charge in [-0.3, -0.25) is 14.8 Å². The van der Waals surface area contributed by atoms with Gasteiger partial charge in [0.05, 0.1) is 18.7 Å². The fourth-order valence-electron chi connectivity index (χ4n) is 3.05. The second kappa shape index (κ2) is 6.31. The lowest BCUT2D eigenvalue weighted by molar-refractivity contribution is 0.0668. The first-order chi connectivity index (χ1) is 12.2. The van der Waals surface area contributed by atoms with E-state index in [0.29, 0.717) is 0 Å². The van der Waals surface area contributed by atoms with Crippen LogP contribution in [0.5, 0.6) is 5.75 Å². The van der Waals surface area contributed by atoms with Crippen LogP contribution in [0.2, 0.25) is 0 Å². The first-order valence-corrected chi connectivity index (χ1v) is 8.77. The summed E-state index contributed by atoms with van der Waals surface area (Å²) in [6.07, 6.45) is 3.54. The molecule has 25 heavy (non-hydrogen) atoms. The molecule has 6 heteroatoms. The quantitative estimate of drug-likeness (QED) is 0.785. The van der Waals surface area contributed by atoms with Gasteiger partial charge in [-0.05, 0) is 40.8 Å². The SMILES string of the molecule is COc1ccc(-c2csc3c2C(=O)N(C)NC3c2ccncc2)cc1. The average Bonchev–Trinajstić information content (AvgIpc) is 3.11. The summed E-state index contributed by atoms with van der Waals surface area (Å²) in [6.45, 7) is 0. The fraction of sp³-hybridized carbons (Fsp3) is 0.158. The van der Waals surface area contributed by atoms with Crippen LogP contribution in [0.3, 0.4) is 0 Å². The van der Waals surface area contributed by atoms with Gasteiger partial charge in [-0.2, -0.15) is 0 Å². The van der Waals surface area contributed by atoms with E-state index in [1.807, 2.05) is 36.4 Å². The van der Waals surface area contributed by atoms with Gasteiger partial charge in [0.1, 0.15) is 5.75 Å². The van der Waals surface area contributed by atoms with Gasteiger partial charge in [0.2, 0.25) is 0 Å². The Morgan fingerprint density at radius 1 is 1.16 bits per heavy atom. The Hall–Kier alpha value is -2.70. The van der Waals surface area contributed by atoms with Gasteiger partial charge < -0.3 is 4.74 Å². The Labute approximate surface area is 149 Å². The van der Waals surface area contributed by atoms with Gasteiger partial charge in [0.15, 0.2) is 0 Å². The van der Waals surface area contributed by atoms with Gasteiger partial charge >= 0.3 is 0 Å². The van der Waals surface area contributed by atoms with Crippen molar-refractivity contribution in [3.63, 3.8) is 0 Å². The Morgan fingerprint density at radius 3 is 2.56 bits per heavy atom. The minimum atomic E-state index is -0.0577. The minimum absolute atomic E-state index is 0.0209. The molecule has 1 unspecified atom stereocenters.